The summed E-state index contributed by atoms with van der Waals surface area (Å²) in [7, 11) is 0. The largest absolute Gasteiger partial charge is 0.595 e. The van der Waals surface area contributed by atoms with Gasteiger partial charge in [-0.3, -0.25) is 9.59 Å². The third kappa shape index (κ3) is 2.12. The molecule has 7 nitrogen and oxygen atoms in total. The quantitative estimate of drug-likeness (QED) is 0.378. The van der Waals surface area contributed by atoms with Crippen LogP contribution in [0.4, 0.5) is 11.4 Å². The lowest BCUT2D eigenvalue weighted by Crippen LogP contribution is -2.99. The van der Waals surface area contributed by atoms with Crippen molar-refractivity contribution < 1.29 is 24.8 Å². The molecule has 32 heavy (non-hydrogen) atoms. The normalized spacial score (nSPS) is 28.2. The highest BCUT2D eigenvalue weighted by atomic mass is 16.8. The summed E-state index contributed by atoms with van der Waals surface area (Å²) in [6, 6.07) is 20.8. The van der Waals surface area contributed by atoms with Crippen LogP contribution < -0.4 is 10.1 Å². The average molecular weight is 426 g/mol. The van der Waals surface area contributed by atoms with Crippen molar-refractivity contribution in [2.75, 3.05) is 4.90 Å². The molecular weight excluding hydrogens is 408 g/mol. The summed E-state index contributed by atoms with van der Waals surface area (Å²) >= 11 is 0. The monoisotopic (exact) mass is 426 g/mol. The smallest absolute Gasteiger partial charge is 0.239 e. The number of hydrogen-bond acceptors (Lipinski definition) is 5. The van der Waals surface area contributed by atoms with Gasteiger partial charge in [-0.2, -0.15) is 5.23 Å². The zero-order valence-electron chi connectivity index (χ0n) is 16.8. The zero-order chi connectivity index (χ0) is 22.2. The van der Waals surface area contributed by atoms with Crippen LogP contribution in [0.15, 0.2) is 72.8 Å². The predicted octanol–water partition coefficient (Wildman–Crippen LogP) is 1.84. The summed E-state index contributed by atoms with van der Waals surface area (Å²) in [5.41, 5.74) is 2.24. The molecular formula is C25H18N2O5. The maximum Gasteiger partial charge on any atom is 0.239 e. The molecule has 1 unspecified atom stereocenters. The molecule has 0 saturated carbocycles. The molecule has 1 aliphatic heterocycles. The van der Waals surface area contributed by atoms with Gasteiger partial charge >= 0.3 is 0 Å². The molecule has 1 heterocycles. The second kappa shape index (κ2) is 6.43. The Morgan fingerprint density at radius 3 is 2.12 bits per heavy atom. The van der Waals surface area contributed by atoms with Crippen LogP contribution in [0, 0.1) is 17.0 Å². The molecule has 3 aromatic rings. The van der Waals surface area contributed by atoms with Gasteiger partial charge in [0, 0.05) is 18.1 Å². The van der Waals surface area contributed by atoms with Gasteiger partial charge in [0.15, 0.2) is 5.69 Å². The van der Waals surface area contributed by atoms with E-state index in [1.807, 2.05) is 48.5 Å². The lowest BCUT2D eigenvalue weighted by Gasteiger charge is -2.51. The van der Waals surface area contributed by atoms with E-state index in [0.717, 1.165) is 33.4 Å². The van der Waals surface area contributed by atoms with Crippen LogP contribution in [0.3, 0.4) is 0 Å². The summed E-state index contributed by atoms with van der Waals surface area (Å²) in [6.45, 7) is 0. The van der Waals surface area contributed by atoms with Gasteiger partial charge in [-0.05, 0) is 28.3 Å². The Morgan fingerprint density at radius 1 is 0.906 bits per heavy atom. The van der Waals surface area contributed by atoms with Crippen molar-refractivity contribution in [3.05, 3.63) is 100 Å². The Bertz CT molecular complexity index is 1270. The minimum absolute atomic E-state index is 0.0161. The van der Waals surface area contributed by atoms with Gasteiger partial charge in [0.25, 0.3) is 0 Å². The van der Waals surface area contributed by atoms with Gasteiger partial charge in [0.2, 0.25) is 11.8 Å². The highest BCUT2D eigenvalue weighted by Crippen LogP contribution is 2.63. The van der Waals surface area contributed by atoms with Crippen LogP contribution in [-0.2, 0) is 19.8 Å². The second-order valence-electron chi connectivity index (χ2n) is 8.51. The van der Waals surface area contributed by atoms with Crippen molar-refractivity contribution in [3.8, 4) is 0 Å². The van der Waals surface area contributed by atoms with E-state index in [0.29, 0.717) is 0 Å². The number of carbonyl (C=O) groups excluding carboxylic acids is 3. The molecule has 1 fully saturated rings. The first kappa shape index (κ1) is 19.1. The van der Waals surface area contributed by atoms with E-state index in [9.17, 15) is 24.8 Å². The van der Waals surface area contributed by atoms with E-state index in [1.165, 1.54) is 18.2 Å². The van der Waals surface area contributed by atoms with E-state index < -0.39 is 34.3 Å². The highest BCUT2D eigenvalue weighted by molar-refractivity contribution is 6.25. The van der Waals surface area contributed by atoms with E-state index >= 15 is 0 Å². The molecule has 3 aromatic carbocycles. The molecule has 2 bridgehead atoms. The van der Waals surface area contributed by atoms with Crippen LogP contribution >= 0.6 is 0 Å². The van der Waals surface area contributed by atoms with Gasteiger partial charge in [-0.1, -0.05) is 54.6 Å². The fraction of sp³-hybridized carbons (Fsp3) is 0.160. The zero-order valence-corrected chi connectivity index (χ0v) is 16.8. The third-order valence-corrected chi connectivity index (χ3v) is 7.22. The number of benzene rings is 3. The molecule has 3 aliphatic carbocycles. The van der Waals surface area contributed by atoms with E-state index in [2.05, 4.69) is 0 Å². The number of rotatable bonds is 3. The summed E-state index contributed by atoms with van der Waals surface area (Å²) in [4.78, 5) is 41.5. The number of quaternary nitrogens is 1. The molecule has 2 N–H and O–H groups in total. The third-order valence-electron chi connectivity index (χ3n) is 7.22. The van der Waals surface area contributed by atoms with Gasteiger partial charge in [-0.25, -0.2) is 10.1 Å². The van der Waals surface area contributed by atoms with Crippen LogP contribution in [0.1, 0.15) is 28.2 Å². The molecule has 1 saturated heterocycles. The number of hydrogen-bond donors (Lipinski definition) is 2. The van der Waals surface area contributed by atoms with Crippen LogP contribution in [0.2, 0.25) is 0 Å². The molecule has 3 atom stereocenters. The summed E-state index contributed by atoms with van der Waals surface area (Å²) in [5.74, 6) is -2.83. The van der Waals surface area contributed by atoms with Crippen molar-refractivity contribution in [2.45, 2.75) is 11.3 Å². The Morgan fingerprint density at radius 2 is 1.53 bits per heavy atom. The Balaban J connectivity index is 1.61. The topological polar surface area (TPSA) is 102 Å². The van der Waals surface area contributed by atoms with Crippen molar-refractivity contribution in [3.63, 3.8) is 0 Å². The summed E-state index contributed by atoms with van der Waals surface area (Å²) < 4.78 is 0. The molecule has 4 aliphatic rings. The van der Waals surface area contributed by atoms with Gasteiger partial charge in [0.05, 0.1) is 22.9 Å². The molecule has 7 rings (SSSR count). The predicted molar refractivity (Wildman–Crippen MR) is 113 cm³/mol. The number of nitrogens with one attached hydrogen (secondary N) is 1. The number of nitrogens with zero attached hydrogens (tertiary/aromatic N) is 1. The number of aldehydes is 1. The number of amides is 2. The molecule has 2 amide bonds. The molecule has 158 valence electrons. The van der Waals surface area contributed by atoms with E-state index in [-0.39, 0.29) is 17.3 Å². The SMILES string of the molecule is O=CC12c3ccccc3C(c3ccccc31)[C@@H]1C(=O)N(c3cccc([NH+]([O-])O)c3)C(=O)[C@H]12. The second-order valence-corrected chi connectivity index (χ2v) is 8.51. The fourth-order valence-electron chi connectivity index (χ4n) is 6.06. The first-order valence-electron chi connectivity index (χ1n) is 10.4. The Hall–Kier alpha value is -3.65. The number of imide groups is 1. The minimum Gasteiger partial charge on any atom is -0.595 e. The standard InChI is InChI=1S/C25H18N2O5/c28-13-25-18-10-3-1-8-16(18)20(17-9-2-4-11-19(17)25)21-22(25)24(30)26(23(21)29)14-6-5-7-15(12-14)27(31)32/h1-13,20-22,27,31H/t20?,21-,22-,25?/m0/s1. The number of anilines is 1. The Kier molecular flexibility index (Phi) is 3.83. The Labute approximate surface area is 183 Å². The fourth-order valence-corrected chi connectivity index (χ4v) is 6.06. The van der Waals surface area contributed by atoms with Gasteiger partial charge < -0.3 is 10.0 Å². The average Bonchev–Trinajstić information content (AvgIpc) is 3.10. The van der Waals surface area contributed by atoms with Crippen molar-refractivity contribution in [1.82, 2.24) is 0 Å². The van der Waals surface area contributed by atoms with Gasteiger partial charge in [-0.15, -0.1) is 0 Å². The lowest BCUT2D eigenvalue weighted by molar-refractivity contribution is -0.991. The maximum atomic E-state index is 13.8. The molecule has 0 aromatic heterocycles. The van der Waals surface area contributed by atoms with Crippen molar-refractivity contribution in [2.24, 2.45) is 11.8 Å². The van der Waals surface area contributed by atoms with E-state index in [1.54, 1.807) is 6.07 Å². The summed E-state index contributed by atoms with van der Waals surface area (Å²) in [5, 5.41) is 19.7. The minimum atomic E-state index is -1.27. The molecule has 7 heteroatoms. The summed E-state index contributed by atoms with van der Waals surface area (Å²) in [6.07, 6.45) is 0.820. The highest BCUT2D eigenvalue weighted by Gasteiger charge is 2.68. The molecule has 0 radical (unpaired) electrons. The van der Waals surface area contributed by atoms with E-state index in [4.69, 9.17) is 0 Å². The first-order chi connectivity index (χ1) is 15.5. The van der Waals surface area contributed by atoms with Crippen molar-refractivity contribution >= 4 is 29.5 Å². The van der Waals surface area contributed by atoms with Crippen LogP contribution in [-0.4, -0.2) is 23.3 Å². The first-order valence-corrected chi connectivity index (χ1v) is 10.4. The maximum absolute atomic E-state index is 13.8. The van der Waals surface area contributed by atoms with Crippen LogP contribution in [0.5, 0.6) is 0 Å². The number of carbonyl (C=O) groups is 3. The van der Waals surface area contributed by atoms with Crippen molar-refractivity contribution in [1.29, 1.82) is 0 Å². The lowest BCUT2D eigenvalue weighted by atomic mass is 9.48. The van der Waals surface area contributed by atoms with Gasteiger partial charge in [0.1, 0.15) is 6.29 Å². The van der Waals surface area contributed by atoms with Crippen LogP contribution in [0.25, 0.3) is 0 Å². The molecule has 0 spiro atoms.